The van der Waals surface area contributed by atoms with E-state index in [9.17, 15) is 13.5 Å². The van der Waals surface area contributed by atoms with E-state index in [0.29, 0.717) is 6.42 Å². The fourth-order valence-corrected chi connectivity index (χ4v) is 2.82. The average Bonchev–Trinajstić information content (AvgIpc) is 2.70. The third kappa shape index (κ3) is 1.80. The van der Waals surface area contributed by atoms with Crippen LogP contribution in [0.4, 0.5) is 5.82 Å². The number of nitrogen functional groups attached to an aromatic ring is 1. The molecule has 0 spiro atoms. The summed E-state index contributed by atoms with van der Waals surface area (Å²) in [5, 5.41) is 13.7. The van der Waals surface area contributed by atoms with Crippen molar-refractivity contribution >= 4 is 15.7 Å². The average molecular weight is 245 g/mol. The summed E-state index contributed by atoms with van der Waals surface area (Å²) in [5.41, 5.74) is 5.74. The maximum atomic E-state index is 11.4. The van der Waals surface area contributed by atoms with Gasteiger partial charge >= 0.3 is 0 Å². The lowest BCUT2D eigenvalue weighted by atomic mass is 10.2. The van der Waals surface area contributed by atoms with Gasteiger partial charge < -0.3 is 10.8 Å². The Morgan fingerprint density at radius 2 is 2.25 bits per heavy atom. The Balaban J connectivity index is 2.41. The van der Waals surface area contributed by atoms with Crippen LogP contribution in [-0.4, -0.2) is 35.7 Å². The van der Waals surface area contributed by atoms with E-state index < -0.39 is 15.9 Å². The lowest BCUT2D eigenvalue weighted by molar-refractivity contribution is 0.131. The number of aromatic nitrogens is 2. The molecule has 1 aliphatic rings. The third-order valence-corrected chi connectivity index (χ3v) is 4.07. The zero-order valence-corrected chi connectivity index (χ0v) is 9.81. The third-order valence-electron chi connectivity index (χ3n) is 2.96. The quantitative estimate of drug-likeness (QED) is 0.761. The maximum absolute atomic E-state index is 11.4. The van der Waals surface area contributed by atoms with Gasteiger partial charge in [0, 0.05) is 6.26 Å². The Labute approximate surface area is 94.0 Å². The van der Waals surface area contributed by atoms with Crippen molar-refractivity contribution in [1.82, 2.24) is 9.78 Å². The van der Waals surface area contributed by atoms with Crippen LogP contribution in [-0.2, 0) is 9.84 Å². The molecular formula is C9H15N3O3S. The van der Waals surface area contributed by atoms with Gasteiger partial charge in [0.05, 0.1) is 18.3 Å². The highest BCUT2D eigenvalue weighted by Gasteiger charge is 2.30. The summed E-state index contributed by atoms with van der Waals surface area (Å²) in [7, 11) is -3.35. The fraction of sp³-hybridized carbons (Fsp3) is 0.667. The molecule has 6 nitrogen and oxygen atoms in total. The van der Waals surface area contributed by atoms with E-state index >= 15 is 0 Å². The van der Waals surface area contributed by atoms with Crippen molar-refractivity contribution in [2.24, 2.45) is 0 Å². The predicted molar refractivity (Wildman–Crippen MR) is 58.6 cm³/mol. The van der Waals surface area contributed by atoms with E-state index in [4.69, 9.17) is 5.73 Å². The molecule has 1 fully saturated rings. The molecule has 1 aliphatic carbocycles. The number of nitrogens with zero attached hydrogens (tertiary/aromatic N) is 2. The largest absolute Gasteiger partial charge is 0.391 e. The lowest BCUT2D eigenvalue weighted by Gasteiger charge is -2.16. The fourth-order valence-electron chi connectivity index (χ4n) is 2.11. The second kappa shape index (κ2) is 3.74. The van der Waals surface area contributed by atoms with Crippen LogP contribution in [0.1, 0.15) is 25.3 Å². The van der Waals surface area contributed by atoms with Crippen molar-refractivity contribution in [2.45, 2.75) is 36.3 Å². The normalized spacial score (nSPS) is 26.1. The molecule has 1 aromatic heterocycles. The minimum Gasteiger partial charge on any atom is -0.391 e. The van der Waals surface area contributed by atoms with Crippen LogP contribution < -0.4 is 5.73 Å². The van der Waals surface area contributed by atoms with Crippen LogP contribution in [0, 0.1) is 0 Å². The number of aliphatic hydroxyl groups excluding tert-OH is 1. The van der Waals surface area contributed by atoms with E-state index in [2.05, 4.69) is 5.10 Å². The standard InChI is InChI=1S/C9H15N3O3S/c1-16(14,15)8-5-11-12(9(8)10)6-3-2-4-7(6)13/h5-7,13H,2-4,10H2,1H3. The van der Waals surface area contributed by atoms with Gasteiger partial charge in [-0.25, -0.2) is 13.1 Å². The van der Waals surface area contributed by atoms with Gasteiger partial charge in [0.2, 0.25) is 0 Å². The highest BCUT2D eigenvalue weighted by molar-refractivity contribution is 7.90. The molecule has 1 aromatic rings. The van der Waals surface area contributed by atoms with Crippen LogP contribution in [0.2, 0.25) is 0 Å². The van der Waals surface area contributed by atoms with E-state index in [1.165, 1.54) is 10.9 Å². The molecule has 1 heterocycles. The molecule has 0 bridgehead atoms. The van der Waals surface area contributed by atoms with E-state index in [0.717, 1.165) is 19.1 Å². The van der Waals surface area contributed by atoms with Crippen molar-refractivity contribution in [3.05, 3.63) is 6.20 Å². The van der Waals surface area contributed by atoms with Gasteiger partial charge in [0.25, 0.3) is 0 Å². The summed E-state index contributed by atoms with van der Waals surface area (Å²) < 4.78 is 24.2. The molecule has 1 saturated carbocycles. The first-order valence-electron chi connectivity index (χ1n) is 5.12. The Morgan fingerprint density at radius 3 is 2.69 bits per heavy atom. The van der Waals surface area contributed by atoms with E-state index in [-0.39, 0.29) is 16.8 Å². The highest BCUT2D eigenvalue weighted by atomic mass is 32.2. The first-order valence-corrected chi connectivity index (χ1v) is 7.01. The molecule has 3 N–H and O–H groups in total. The van der Waals surface area contributed by atoms with Gasteiger partial charge in [-0.2, -0.15) is 5.10 Å². The summed E-state index contributed by atoms with van der Waals surface area (Å²) in [5.74, 6) is 0.119. The Morgan fingerprint density at radius 1 is 1.56 bits per heavy atom. The molecule has 16 heavy (non-hydrogen) atoms. The van der Waals surface area contributed by atoms with Crippen LogP contribution >= 0.6 is 0 Å². The minimum atomic E-state index is -3.35. The predicted octanol–water partition coefficient (Wildman–Crippen LogP) is -0.0453. The minimum absolute atomic E-state index is 0.0339. The van der Waals surface area contributed by atoms with Crippen LogP contribution in [0.5, 0.6) is 0 Å². The molecule has 0 saturated heterocycles. The summed E-state index contributed by atoms with van der Waals surface area (Å²) in [6, 6.07) is -0.199. The van der Waals surface area contributed by atoms with Crippen molar-refractivity contribution in [3.8, 4) is 0 Å². The van der Waals surface area contributed by atoms with E-state index in [1.807, 2.05) is 0 Å². The second-order valence-electron chi connectivity index (χ2n) is 4.18. The molecule has 0 aliphatic heterocycles. The van der Waals surface area contributed by atoms with Gasteiger partial charge in [0.15, 0.2) is 9.84 Å². The van der Waals surface area contributed by atoms with Gasteiger partial charge in [-0.3, -0.25) is 0 Å². The van der Waals surface area contributed by atoms with Crippen molar-refractivity contribution in [3.63, 3.8) is 0 Å². The first-order chi connectivity index (χ1) is 7.41. The van der Waals surface area contributed by atoms with E-state index in [1.54, 1.807) is 0 Å². The maximum Gasteiger partial charge on any atom is 0.180 e. The van der Waals surface area contributed by atoms with Crippen LogP contribution in [0.25, 0.3) is 0 Å². The van der Waals surface area contributed by atoms with Gasteiger partial charge in [-0.05, 0) is 19.3 Å². The second-order valence-corrected chi connectivity index (χ2v) is 6.16. The van der Waals surface area contributed by atoms with Gasteiger partial charge in [0.1, 0.15) is 10.7 Å². The number of rotatable bonds is 2. The SMILES string of the molecule is CS(=O)(=O)c1cnn(C2CCCC2O)c1N. The molecule has 0 aromatic carbocycles. The Hall–Kier alpha value is -1.08. The number of aliphatic hydroxyl groups is 1. The zero-order valence-electron chi connectivity index (χ0n) is 9.00. The van der Waals surface area contributed by atoms with Crippen molar-refractivity contribution < 1.29 is 13.5 Å². The monoisotopic (exact) mass is 245 g/mol. The van der Waals surface area contributed by atoms with Crippen molar-refractivity contribution in [2.75, 3.05) is 12.0 Å². The van der Waals surface area contributed by atoms with Crippen molar-refractivity contribution in [1.29, 1.82) is 0 Å². The Kier molecular flexibility index (Phi) is 2.67. The number of hydrogen-bond donors (Lipinski definition) is 2. The van der Waals surface area contributed by atoms with Gasteiger partial charge in [-0.1, -0.05) is 0 Å². The van der Waals surface area contributed by atoms with Crippen LogP contribution in [0.3, 0.4) is 0 Å². The lowest BCUT2D eigenvalue weighted by Crippen LogP contribution is -2.21. The molecule has 0 radical (unpaired) electrons. The molecular weight excluding hydrogens is 230 g/mol. The van der Waals surface area contributed by atoms with Crippen LogP contribution in [0.15, 0.2) is 11.1 Å². The first kappa shape index (κ1) is 11.4. The number of anilines is 1. The molecule has 2 unspecified atom stereocenters. The summed E-state index contributed by atoms with van der Waals surface area (Å²) in [4.78, 5) is 0.0339. The molecule has 7 heteroatoms. The smallest absolute Gasteiger partial charge is 0.180 e. The molecule has 90 valence electrons. The molecule has 2 rings (SSSR count). The highest BCUT2D eigenvalue weighted by Crippen LogP contribution is 2.32. The van der Waals surface area contributed by atoms with Gasteiger partial charge in [-0.15, -0.1) is 0 Å². The number of hydrogen-bond acceptors (Lipinski definition) is 5. The Bertz CT molecular complexity index is 494. The topological polar surface area (TPSA) is 98.2 Å². The number of nitrogens with two attached hydrogens (primary N) is 1. The summed E-state index contributed by atoms with van der Waals surface area (Å²) in [6.07, 6.45) is 4.23. The summed E-state index contributed by atoms with van der Waals surface area (Å²) in [6.45, 7) is 0. The molecule has 2 atom stereocenters. The summed E-state index contributed by atoms with van der Waals surface area (Å²) >= 11 is 0. The molecule has 0 amide bonds. The number of sulfone groups is 1. The zero-order chi connectivity index (χ0) is 11.9.